The van der Waals surface area contributed by atoms with Crippen molar-refractivity contribution in [3.05, 3.63) is 91.8 Å². The van der Waals surface area contributed by atoms with Crippen LogP contribution in [-0.4, -0.2) is 6.61 Å². The second kappa shape index (κ2) is 10.5. The normalized spacial score (nSPS) is 11.1. The van der Waals surface area contributed by atoms with Crippen LogP contribution >= 0.6 is 34.2 Å². The van der Waals surface area contributed by atoms with Gasteiger partial charge in [0.1, 0.15) is 12.4 Å². The molecule has 3 aromatic rings. The minimum atomic E-state index is -0.440. The number of benzene rings is 3. The molecule has 0 saturated heterocycles. The molecule has 0 radical (unpaired) electrons. The summed E-state index contributed by atoms with van der Waals surface area (Å²) in [4.78, 5) is 0. The Morgan fingerprint density at radius 2 is 1.87 bits per heavy atom. The highest BCUT2D eigenvalue weighted by atomic mass is 127. The highest BCUT2D eigenvalue weighted by molar-refractivity contribution is 14.1. The van der Waals surface area contributed by atoms with Gasteiger partial charge in [0.05, 0.1) is 21.8 Å². The maximum Gasteiger partial charge on any atom is 0.175 e. The van der Waals surface area contributed by atoms with Crippen LogP contribution in [0.2, 0.25) is 5.02 Å². The predicted molar refractivity (Wildman–Crippen MR) is 126 cm³/mol. The zero-order valence-electron chi connectivity index (χ0n) is 16.2. The Labute approximate surface area is 193 Å². The number of rotatable bonds is 7. The number of hydrogen-bond acceptors (Lipinski definition) is 3. The van der Waals surface area contributed by atoms with E-state index in [1.807, 2.05) is 37.3 Å². The Hall–Kier alpha value is -2.56. The average Bonchev–Trinajstić information content (AvgIpc) is 2.73. The largest absolute Gasteiger partial charge is 0.490 e. The molecule has 0 fully saturated rings. The quantitative estimate of drug-likeness (QED) is 0.184. The predicted octanol–water partition coefficient (Wildman–Crippen LogP) is 7.13. The van der Waals surface area contributed by atoms with E-state index in [0.29, 0.717) is 35.3 Å². The molecule has 0 atom stereocenters. The highest BCUT2D eigenvalue weighted by Crippen LogP contribution is 2.36. The van der Waals surface area contributed by atoms with Crippen molar-refractivity contribution in [3.63, 3.8) is 0 Å². The Kier molecular flexibility index (Phi) is 7.72. The minimum absolute atomic E-state index is 0.232. The van der Waals surface area contributed by atoms with Gasteiger partial charge in [0.15, 0.2) is 11.5 Å². The molecule has 6 heteroatoms. The van der Waals surface area contributed by atoms with Crippen LogP contribution in [0.25, 0.3) is 11.6 Å². The van der Waals surface area contributed by atoms with Crippen molar-refractivity contribution >= 4 is 45.8 Å². The molecule has 0 bridgehead atoms. The molecule has 0 N–H and O–H groups in total. The zero-order chi connectivity index (χ0) is 21.5. The number of nitrogens with zero attached hydrogens (tertiary/aromatic N) is 1. The van der Waals surface area contributed by atoms with E-state index in [-0.39, 0.29) is 11.1 Å². The molecule has 0 unspecified atom stereocenters. The van der Waals surface area contributed by atoms with Crippen molar-refractivity contribution in [3.8, 4) is 17.6 Å². The number of ether oxygens (including phenoxy) is 2. The summed E-state index contributed by atoms with van der Waals surface area (Å²) in [6.07, 6.45) is 1.64. The smallest absolute Gasteiger partial charge is 0.175 e. The summed E-state index contributed by atoms with van der Waals surface area (Å²) in [5.74, 6) is 0.706. The summed E-state index contributed by atoms with van der Waals surface area (Å²) in [7, 11) is 0. The molecular weight excluding hydrogens is 516 g/mol. The second-order valence-electron chi connectivity index (χ2n) is 6.29. The lowest BCUT2D eigenvalue weighted by molar-refractivity contribution is 0.267. The molecule has 3 rings (SSSR count). The van der Waals surface area contributed by atoms with Gasteiger partial charge in [-0.05, 0) is 65.4 Å². The lowest BCUT2D eigenvalue weighted by atomic mass is 10.0. The molecule has 30 heavy (non-hydrogen) atoms. The van der Waals surface area contributed by atoms with Crippen LogP contribution in [0.4, 0.5) is 4.39 Å². The third-order valence-electron chi connectivity index (χ3n) is 4.26. The molecule has 3 nitrogen and oxygen atoms in total. The zero-order valence-corrected chi connectivity index (χ0v) is 19.1. The van der Waals surface area contributed by atoms with Crippen molar-refractivity contribution in [1.29, 1.82) is 5.26 Å². The van der Waals surface area contributed by atoms with Crippen molar-refractivity contribution in [2.45, 2.75) is 13.5 Å². The molecule has 0 amide bonds. The molecule has 0 aliphatic heterocycles. The summed E-state index contributed by atoms with van der Waals surface area (Å²) in [6.45, 7) is 2.63. The van der Waals surface area contributed by atoms with E-state index in [9.17, 15) is 9.65 Å². The molecule has 0 spiro atoms. The van der Waals surface area contributed by atoms with Crippen LogP contribution in [0, 0.1) is 20.7 Å². The van der Waals surface area contributed by atoms with Gasteiger partial charge in [0.2, 0.25) is 0 Å². The third-order valence-corrected chi connectivity index (χ3v) is 5.43. The molecule has 0 aliphatic carbocycles. The van der Waals surface area contributed by atoms with Crippen molar-refractivity contribution < 1.29 is 13.9 Å². The van der Waals surface area contributed by atoms with Crippen LogP contribution in [0.15, 0.2) is 60.7 Å². The molecule has 3 aromatic carbocycles. The topological polar surface area (TPSA) is 42.2 Å². The maximum absolute atomic E-state index is 14.1. The lowest BCUT2D eigenvalue weighted by Gasteiger charge is -2.15. The third kappa shape index (κ3) is 5.32. The van der Waals surface area contributed by atoms with Gasteiger partial charge in [0.25, 0.3) is 0 Å². The molecule has 0 aliphatic rings. The SMILES string of the molecule is CCOc1cc(/C=C(/C#N)c2ccccc2F)cc(I)c1OCc1ccccc1Cl. The first-order valence-corrected chi connectivity index (χ1v) is 10.7. The van der Waals surface area contributed by atoms with Crippen LogP contribution < -0.4 is 9.47 Å². The van der Waals surface area contributed by atoms with Gasteiger partial charge in [-0.1, -0.05) is 48.0 Å². The van der Waals surface area contributed by atoms with Crippen LogP contribution in [-0.2, 0) is 6.61 Å². The van der Waals surface area contributed by atoms with Crippen LogP contribution in [0.5, 0.6) is 11.5 Å². The average molecular weight is 534 g/mol. The number of hydrogen-bond donors (Lipinski definition) is 0. The molecule has 0 heterocycles. The molecule has 0 saturated carbocycles. The number of nitriles is 1. The Bertz CT molecular complexity index is 1120. The first kappa shape index (κ1) is 22.1. The van der Waals surface area contributed by atoms with Gasteiger partial charge in [0, 0.05) is 16.1 Å². The fraction of sp³-hybridized carbons (Fsp3) is 0.125. The van der Waals surface area contributed by atoms with Gasteiger partial charge in [-0.25, -0.2) is 4.39 Å². The van der Waals surface area contributed by atoms with Crippen molar-refractivity contribution in [1.82, 2.24) is 0 Å². The van der Waals surface area contributed by atoms with Gasteiger partial charge < -0.3 is 9.47 Å². The summed E-state index contributed by atoms with van der Waals surface area (Å²) < 4.78 is 26.7. The van der Waals surface area contributed by atoms with Crippen LogP contribution in [0.1, 0.15) is 23.6 Å². The van der Waals surface area contributed by atoms with E-state index in [2.05, 4.69) is 28.7 Å². The Morgan fingerprint density at radius 3 is 2.57 bits per heavy atom. The van der Waals surface area contributed by atoms with Gasteiger partial charge >= 0.3 is 0 Å². The molecular formula is C24H18ClFINO2. The number of allylic oxidation sites excluding steroid dienone is 1. The monoisotopic (exact) mass is 533 g/mol. The molecule has 0 aromatic heterocycles. The Balaban J connectivity index is 1.95. The van der Waals surface area contributed by atoms with E-state index in [0.717, 1.165) is 9.13 Å². The van der Waals surface area contributed by atoms with E-state index in [4.69, 9.17) is 21.1 Å². The van der Waals surface area contributed by atoms with E-state index in [1.54, 1.807) is 30.3 Å². The lowest BCUT2D eigenvalue weighted by Crippen LogP contribution is -2.02. The van der Waals surface area contributed by atoms with E-state index in [1.165, 1.54) is 6.07 Å². The second-order valence-corrected chi connectivity index (χ2v) is 7.86. The highest BCUT2D eigenvalue weighted by Gasteiger charge is 2.14. The first-order chi connectivity index (χ1) is 14.5. The standard InChI is InChI=1S/C24H18ClFINO2/c1-2-29-23-13-16(11-18(14-28)19-8-4-6-10-21(19)26)12-22(27)24(23)30-15-17-7-3-5-9-20(17)25/h3-13H,2,15H2,1H3/b18-11-. The minimum Gasteiger partial charge on any atom is -0.490 e. The summed E-state index contributed by atoms with van der Waals surface area (Å²) in [5, 5.41) is 10.2. The van der Waals surface area contributed by atoms with Crippen LogP contribution in [0.3, 0.4) is 0 Å². The summed E-state index contributed by atoms with van der Waals surface area (Å²) >= 11 is 8.38. The first-order valence-electron chi connectivity index (χ1n) is 9.22. The van der Waals surface area contributed by atoms with E-state index >= 15 is 0 Å². The molecule has 152 valence electrons. The Morgan fingerprint density at radius 1 is 1.13 bits per heavy atom. The summed E-state index contributed by atoms with van der Waals surface area (Å²) in [6, 6.07) is 19.4. The summed E-state index contributed by atoms with van der Waals surface area (Å²) in [5.41, 5.74) is 2.07. The van der Waals surface area contributed by atoms with E-state index < -0.39 is 5.82 Å². The fourth-order valence-corrected chi connectivity index (χ4v) is 3.83. The van der Waals surface area contributed by atoms with Gasteiger partial charge in [-0.15, -0.1) is 0 Å². The maximum atomic E-state index is 14.1. The van der Waals surface area contributed by atoms with Gasteiger partial charge in [-0.2, -0.15) is 5.26 Å². The number of halogens is 3. The fourth-order valence-electron chi connectivity index (χ4n) is 2.86. The van der Waals surface area contributed by atoms with Crippen molar-refractivity contribution in [2.75, 3.05) is 6.61 Å². The van der Waals surface area contributed by atoms with Gasteiger partial charge in [-0.3, -0.25) is 0 Å². The van der Waals surface area contributed by atoms with Crippen molar-refractivity contribution in [2.24, 2.45) is 0 Å².